The number of nitrogens with zero attached hydrogens (tertiary/aromatic N) is 2. The quantitative estimate of drug-likeness (QED) is 0.820. The average molecular weight is 275 g/mol. The fourth-order valence-corrected chi connectivity index (χ4v) is 2.98. The first-order chi connectivity index (χ1) is 9.31. The summed E-state index contributed by atoms with van der Waals surface area (Å²) in [6.45, 7) is 3.20. The van der Waals surface area contributed by atoms with E-state index in [2.05, 4.69) is 58.5 Å². The highest BCUT2D eigenvalue weighted by molar-refractivity contribution is 7.98. The van der Waals surface area contributed by atoms with E-state index in [1.807, 2.05) is 13.2 Å². The third-order valence-electron chi connectivity index (χ3n) is 3.21. The molecular formula is C15H21N3S. The van der Waals surface area contributed by atoms with Crippen LogP contribution in [0.5, 0.6) is 0 Å². The fourth-order valence-electron chi connectivity index (χ4n) is 2.34. The molecule has 1 unspecified atom stereocenters. The van der Waals surface area contributed by atoms with Crippen molar-refractivity contribution in [1.29, 1.82) is 0 Å². The molecule has 1 heterocycles. The number of aromatic nitrogens is 2. The van der Waals surface area contributed by atoms with Gasteiger partial charge in [0.2, 0.25) is 0 Å². The van der Waals surface area contributed by atoms with Crippen molar-refractivity contribution < 1.29 is 0 Å². The summed E-state index contributed by atoms with van der Waals surface area (Å²) in [5.74, 6) is 1.09. The fraction of sp³-hybridized carbons (Fsp3) is 0.400. The minimum atomic E-state index is 0.144. The van der Waals surface area contributed by atoms with Crippen molar-refractivity contribution in [2.45, 2.75) is 30.8 Å². The molecule has 0 amide bonds. The molecule has 19 heavy (non-hydrogen) atoms. The summed E-state index contributed by atoms with van der Waals surface area (Å²) >= 11 is 1.78. The van der Waals surface area contributed by atoms with E-state index in [4.69, 9.17) is 0 Å². The van der Waals surface area contributed by atoms with Crippen molar-refractivity contribution in [3.05, 3.63) is 48.0 Å². The lowest BCUT2D eigenvalue weighted by Crippen LogP contribution is -2.22. The zero-order valence-electron chi connectivity index (χ0n) is 11.8. The molecular weight excluding hydrogens is 254 g/mol. The summed E-state index contributed by atoms with van der Waals surface area (Å²) in [6, 6.07) is 8.66. The summed E-state index contributed by atoms with van der Waals surface area (Å²) < 4.78 is 2.23. The van der Waals surface area contributed by atoms with Gasteiger partial charge in [0.25, 0.3) is 0 Å². The Labute approximate surface area is 119 Å². The molecule has 0 fully saturated rings. The summed E-state index contributed by atoms with van der Waals surface area (Å²) in [5, 5.41) is 3.40. The van der Waals surface area contributed by atoms with Gasteiger partial charge in [-0.1, -0.05) is 25.1 Å². The van der Waals surface area contributed by atoms with Gasteiger partial charge in [0.05, 0.1) is 6.04 Å². The van der Waals surface area contributed by atoms with Crippen LogP contribution in [-0.4, -0.2) is 22.9 Å². The maximum Gasteiger partial charge on any atom is 0.130 e. The predicted octanol–water partition coefficient (Wildman–Crippen LogP) is 3.32. The topological polar surface area (TPSA) is 29.9 Å². The number of aryl methyl sites for hydroxylation is 1. The summed E-state index contributed by atoms with van der Waals surface area (Å²) in [6.07, 6.45) is 7.18. The first-order valence-electron chi connectivity index (χ1n) is 6.63. The first-order valence-corrected chi connectivity index (χ1v) is 7.85. The highest BCUT2D eigenvalue weighted by Gasteiger charge is 2.19. The molecule has 0 spiro atoms. The Morgan fingerprint density at radius 3 is 2.84 bits per heavy atom. The molecule has 3 nitrogen and oxygen atoms in total. The van der Waals surface area contributed by atoms with Crippen LogP contribution >= 0.6 is 11.8 Å². The number of imidazole rings is 1. The van der Waals surface area contributed by atoms with Gasteiger partial charge in [0.15, 0.2) is 0 Å². The standard InChI is InChI=1S/C15H21N3S/c1-4-10-18-11-9-17-15(18)14(16-2)12-7-5-6-8-13(12)19-3/h5-9,11,14,16H,4,10H2,1-3H3. The maximum absolute atomic E-state index is 4.55. The van der Waals surface area contributed by atoms with Gasteiger partial charge >= 0.3 is 0 Å². The van der Waals surface area contributed by atoms with Gasteiger partial charge in [0.1, 0.15) is 5.82 Å². The zero-order chi connectivity index (χ0) is 13.7. The Hall–Kier alpha value is -1.26. The van der Waals surface area contributed by atoms with Crippen molar-refractivity contribution in [2.75, 3.05) is 13.3 Å². The van der Waals surface area contributed by atoms with Crippen LogP contribution in [0.4, 0.5) is 0 Å². The van der Waals surface area contributed by atoms with Crippen molar-refractivity contribution in [3.8, 4) is 0 Å². The molecule has 2 aromatic rings. The molecule has 0 aliphatic heterocycles. The Kier molecular flexibility index (Phi) is 5.05. The van der Waals surface area contributed by atoms with Crippen LogP contribution in [0.1, 0.15) is 30.8 Å². The van der Waals surface area contributed by atoms with E-state index < -0.39 is 0 Å². The van der Waals surface area contributed by atoms with Crippen molar-refractivity contribution in [3.63, 3.8) is 0 Å². The van der Waals surface area contributed by atoms with Crippen LogP contribution in [0.2, 0.25) is 0 Å². The lowest BCUT2D eigenvalue weighted by Gasteiger charge is -2.20. The summed E-state index contributed by atoms with van der Waals surface area (Å²) in [4.78, 5) is 5.85. The van der Waals surface area contributed by atoms with Gasteiger partial charge in [-0.2, -0.15) is 0 Å². The van der Waals surface area contributed by atoms with E-state index >= 15 is 0 Å². The average Bonchev–Trinajstić information content (AvgIpc) is 2.89. The molecule has 0 saturated heterocycles. The Balaban J connectivity index is 2.41. The third-order valence-corrected chi connectivity index (χ3v) is 4.02. The van der Waals surface area contributed by atoms with Crippen molar-refractivity contribution >= 4 is 11.8 Å². The first kappa shape index (κ1) is 14.2. The second-order valence-electron chi connectivity index (χ2n) is 4.44. The highest BCUT2D eigenvalue weighted by atomic mass is 32.2. The van der Waals surface area contributed by atoms with Crippen LogP contribution in [0, 0.1) is 0 Å². The van der Waals surface area contributed by atoms with Gasteiger partial charge in [-0.3, -0.25) is 0 Å². The monoisotopic (exact) mass is 275 g/mol. The van der Waals surface area contributed by atoms with Crippen LogP contribution in [0.15, 0.2) is 41.6 Å². The summed E-state index contributed by atoms with van der Waals surface area (Å²) in [7, 11) is 1.99. The van der Waals surface area contributed by atoms with E-state index in [-0.39, 0.29) is 6.04 Å². The Morgan fingerprint density at radius 2 is 2.16 bits per heavy atom. The number of benzene rings is 1. The highest BCUT2D eigenvalue weighted by Crippen LogP contribution is 2.29. The van der Waals surface area contributed by atoms with Crippen molar-refractivity contribution in [2.24, 2.45) is 0 Å². The lowest BCUT2D eigenvalue weighted by molar-refractivity contribution is 0.563. The molecule has 0 saturated carbocycles. The van der Waals surface area contributed by atoms with Crippen LogP contribution in [0.25, 0.3) is 0 Å². The van der Waals surface area contributed by atoms with Gasteiger partial charge in [-0.05, 0) is 31.4 Å². The van der Waals surface area contributed by atoms with Gasteiger partial charge < -0.3 is 9.88 Å². The van der Waals surface area contributed by atoms with E-state index in [0.717, 1.165) is 18.8 Å². The van der Waals surface area contributed by atoms with Crippen LogP contribution in [-0.2, 0) is 6.54 Å². The van der Waals surface area contributed by atoms with Gasteiger partial charge in [0, 0.05) is 23.8 Å². The molecule has 0 radical (unpaired) electrons. The van der Waals surface area contributed by atoms with Gasteiger partial charge in [-0.15, -0.1) is 11.8 Å². The van der Waals surface area contributed by atoms with E-state index in [0.29, 0.717) is 0 Å². The largest absolute Gasteiger partial charge is 0.333 e. The molecule has 4 heteroatoms. The summed E-state index contributed by atoms with van der Waals surface area (Å²) in [5.41, 5.74) is 1.29. The molecule has 1 aromatic carbocycles. The third kappa shape index (κ3) is 3.01. The number of rotatable bonds is 6. The molecule has 0 bridgehead atoms. The SMILES string of the molecule is CCCn1ccnc1C(NC)c1ccccc1SC. The smallest absolute Gasteiger partial charge is 0.130 e. The molecule has 1 N–H and O–H groups in total. The number of hydrogen-bond donors (Lipinski definition) is 1. The normalized spacial score (nSPS) is 12.6. The Bertz CT molecular complexity index is 522. The Morgan fingerprint density at radius 1 is 1.37 bits per heavy atom. The van der Waals surface area contributed by atoms with Crippen LogP contribution < -0.4 is 5.32 Å². The molecule has 1 aromatic heterocycles. The van der Waals surface area contributed by atoms with Crippen molar-refractivity contribution in [1.82, 2.24) is 14.9 Å². The predicted molar refractivity (Wildman–Crippen MR) is 81.6 cm³/mol. The second kappa shape index (κ2) is 6.78. The molecule has 102 valence electrons. The van der Waals surface area contributed by atoms with E-state index in [1.54, 1.807) is 11.8 Å². The van der Waals surface area contributed by atoms with E-state index in [1.165, 1.54) is 10.5 Å². The molecule has 1 atom stereocenters. The number of hydrogen-bond acceptors (Lipinski definition) is 3. The maximum atomic E-state index is 4.55. The van der Waals surface area contributed by atoms with E-state index in [9.17, 15) is 0 Å². The lowest BCUT2D eigenvalue weighted by atomic mass is 10.1. The van der Waals surface area contributed by atoms with Gasteiger partial charge in [-0.25, -0.2) is 4.98 Å². The zero-order valence-corrected chi connectivity index (χ0v) is 12.6. The number of thioether (sulfide) groups is 1. The molecule has 0 aliphatic rings. The molecule has 0 aliphatic carbocycles. The minimum Gasteiger partial charge on any atom is -0.333 e. The number of nitrogens with one attached hydrogen (secondary N) is 1. The minimum absolute atomic E-state index is 0.144. The molecule has 2 rings (SSSR count). The van der Waals surface area contributed by atoms with Crippen LogP contribution in [0.3, 0.4) is 0 Å². The second-order valence-corrected chi connectivity index (χ2v) is 5.29.